The Hall–Kier alpha value is -7.56. The first-order valence-corrected chi connectivity index (χ1v) is 19.1. The fourth-order valence-electron chi connectivity index (χ4n) is 8.95. The summed E-state index contributed by atoms with van der Waals surface area (Å²) in [7, 11) is 0. The standard InChI is InChI=1S/C52H32N4/c1-3-15-33(16-4-1)51-52(54-45-25-13-12-24-44(45)53-51)40-27-28-47(38-22-10-9-21-37(38)40)56-48-30-35-18-8-7-17-34(35)29-41(48)43-31-42-39-23-11-14-26-46(39)55(49(42)32-50(43)56)36-19-5-2-6-20-36/h1-32H. The van der Waals surface area contributed by atoms with Crippen molar-refractivity contribution >= 4 is 76.2 Å². The molecule has 0 saturated carbocycles. The van der Waals surface area contributed by atoms with Crippen LogP contribution in [0.3, 0.4) is 0 Å². The minimum atomic E-state index is 0.875. The lowest BCUT2D eigenvalue weighted by Gasteiger charge is -2.17. The summed E-state index contributed by atoms with van der Waals surface area (Å²) in [6.45, 7) is 0. The molecule has 0 fully saturated rings. The molecule has 260 valence electrons. The van der Waals surface area contributed by atoms with E-state index in [-0.39, 0.29) is 0 Å². The van der Waals surface area contributed by atoms with Crippen molar-refractivity contribution in [3.63, 3.8) is 0 Å². The summed E-state index contributed by atoms with van der Waals surface area (Å²) in [6, 6.07) is 69.6. The van der Waals surface area contributed by atoms with Gasteiger partial charge in [0, 0.05) is 43.7 Å². The Morgan fingerprint density at radius 3 is 1.66 bits per heavy atom. The number of hydrogen-bond donors (Lipinski definition) is 0. The Bertz CT molecular complexity index is 3520. The van der Waals surface area contributed by atoms with E-state index in [0.29, 0.717) is 0 Å². The highest BCUT2D eigenvalue weighted by molar-refractivity contribution is 6.21. The lowest BCUT2D eigenvalue weighted by atomic mass is 9.96. The maximum atomic E-state index is 5.32. The number of hydrogen-bond acceptors (Lipinski definition) is 2. The molecule has 3 aromatic heterocycles. The van der Waals surface area contributed by atoms with Gasteiger partial charge < -0.3 is 9.13 Å². The predicted molar refractivity (Wildman–Crippen MR) is 234 cm³/mol. The highest BCUT2D eigenvalue weighted by Crippen LogP contribution is 2.43. The average Bonchev–Trinajstić information content (AvgIpc) is 3.75. The van der Waals surface area contributed by atoms with Gasteiger partial charge in [-0.3, -0.25) is 0 Å². The lowest BCUT2D eigenvalue weighted by Crippen LogP contribution is -1.99. The van der Waals surface area contributed by atoms with Crippen LogP contribution in [0.25, 0.3) is 110 Å². The molecule has 0 radical (unpaired) electrons. The third kappa shape index (κ3) is 4.53. The zero-order valence-electron chi connectivity index (χ0n) is 30.3. The predicted octanol–water partition coefficient (Wildman–Crippen LogP) is 13.5. The third-order valence-electron chi connectivity index (χ3n) is 11.5. The van der Waals surface area contributed by atoms with Crippen molar-refractivity contribution < 1.29 is 0 Å². The largest absolute Gasteiger partial charge is 0.309 e. The van der Waals surface area contributed by atoms with Crippen LogP contribution in [0, 0.1) is 0 Å². The fourth-order valence-corrected chi connectivity index (χ4v) is 8.95. The van der Waals surface area contributed by atoms with Crippen molar-refractivity contribution in [2.24, 2.45) is 0 Å². The van der Waals surface area contributed by atoms with Gasteiger partial charge in [0.2, 0.25) is 0 Å². The van der Waals surface area contributed by atoms with E-state index in [0.717, 1.165) is 61.2 Å². The average molecular weight is 713 g/mol. The van der Waals surface area contributed by atoms with Crippen molar-refractivity contribution in [2.45, 2.75) is 0 Å². The molecule has 0 saturated heterocycles. The summed E-state index contributed by atoms with van der Waals surface area (Å²) < 4.78 is 4.90. The van der Waals surface area contributed by atoms with E-state index >= 15 is 0 Å². The monoisotopic (exact) mass is 712 g/mol. The topological polar surface area (TPSA) is 35.6 Å². The second kappa shape index (κ2) is 12.0. The molecule has 12 aromatic rings. The Balaban J connectivity index is 1.20. The summed E-state index contributed by atoms with van der Waals surface area (Å²) in [5.74, 6) is 0. The Morgan fingerprint density at radius 1 is 0.321 bits per heavy atom. The molecule has 0 amide bonds. The number of rotatable bonds is 4. The first-order valence-electron chi connectivity index (χ1n) is 19.1. The molecule has 0 aliphatic carbocycles. The molecule has 0 aliphatic rings. The lowest BCUT2D eigenvalue weighted by molar-refractivity contribution is 1.17. The van der Waals surface area contributed by atoms with Crippen LogP contribution in [0.1, 0.15) is 0 Å². The fraction of sp³-hybridized carbons (Fsp3) is 0. The van der Waals surface area contributed by atoms with Crippen LogP contribution in [0.4, 0.5) is 0 Å². The molecule has 4 heteroatoms. The minimum Gasteiger partial charge on any atom is -0.309 e. The molecular formula is C52H32N4. The van der Waals surface area contributed by atoms with Crippen LogP contribution in [-0.4, -0.2) is 19.1 Å². The van der Waals surface area contributed by atoms with Crippen molar-refractivity contribution in [1.82, 2.24) is 19.1 Å². The van der Waals surface area contributed by atoms with Crippen LogP contribution in [0.15, 0.2) is 194 Å². The van der Waals surface area contributed by atoms with Crippen LogP contribution < -0.4 is 0 Å². The van der Waals surface area contributed by atoms with E-state index in [1.165, 1.54) is 48.9 Å². The van der Waals surface area contributed by atoms with Gasteiger partial charge in [-0.25, -0.2) is 9.97 Å². The van der Waals surface area contributed by atoms with Gasteiger partial charge in [-0.1, -0.05) is 127 Å². The van der Waals surface area contributed by atoms with Gasteiger partial charge in [0.05, 0.1) is 50.2 Å². The van der Waals surface area contributed by atoms with Crippen LogP contribution in [0.2, 0.25) is 0 Å². The van der Waals surface area contributed by atoms with E-state index in [9.17, 15) is 0 Å². The Kier molecular flexibility index (Phi) is 6.60. The van der Waals surface area contributed by atoms with Crippen LogP contribution >= 0.6 is 0 Å². The number of benzene rings is 9. The van der Waals surface area contributed by atoms with Gasteiger partial charge in [0.25, 0.3) is 0 Å². The SMILES string of the molecule is c1ccc(-c2nc3ccccc3nc2-c2ccc(-n3c4cc5ccccc5cc4c4cc5c6ccccc6n(-c6ccccc6)c5cc43)c3ccccc23)cc1. The smallest absolute Gasteiger partial charge is 0.0979 e. The molecule has 0 atom stereocenters. The number of fused-ring (bicyclic) bond motifs is 9. The molecule has 12 rings (SSSR count). The summed E-state index contributed by atoms with van der Waals surface area (Å²) in [5.41, 5.74) is 12.6. The second-order valence-corrected chi connectivity index (χ2v) is 14.6. The van der Waals surface area contributed by atoms with Gasteiger partial charge in [-0.15, -0.1) is 0 Å². The summed E-state index contributed by atoms with van der Waals surface area (Å²) in [5, 5.41) is 9.67. The van der Waals surface area contributed by atoms with E-state index in [2.05, 4.69) is 179 Å². The number of nitrogens with zero attached hydrogens (tertiary/aromatic N) is 4. The van der Waals surface area contributed by atoms with E-state index in [1.807, 2.05) is 24.3 Å². The van der Waals surface area contributed by atoms with Crippen LogP contribution in [0.5, 0.6) is 0 Å². The van der Waals surface area contributed by atoms with Crippen molar-refractivity contribution in [3.8, 4) is 33.9 Å². The molecule has 4 nitrogen and oxygen atoms in total. The van der Waals surface area contributed by atoms with E-state index < -0.39 is 0 Å². The van der Waals surface area contributed by atoms with Gasteiger partial charge in [-0.2, -0.15) is 0 Å². The van der Waals surface area contributed by atoms with Gasteiger partial charge in [0.1, 0.15) is 0 Å². The quantitative estimate of drug-likeness (QED) is 0.182. The maximum absolute atomic E-state index is 5.32. The summed E-state index contributed by atoms with van der Waals surface area (Å²) in [6.07, 6.45) is 0. The second-order valence-electron chi connectivity index (χ2n) is 14.6. The van der Waals surface area contributed by atoms with Crippen LogP contribution in [-0.2, 0) is 0 Å². The zero-order chi connectivity index (χ0) is 36.7. The molecule has 3 heterocycles. The normalized spacial score (nSPS) is 11.9. The molecule has 0 aliphatic heterocycles. The van der Waals surface area contributed by atoms with Crippen molar-refractivity contribution in [3.05, 3.63) is 194 Å². The molecule has 0 spiro atoms. The Labute approximate surface area is 322 Å². The van der Waals surface area contributed by atoms with Crippen molar-refractivity contribution in [2.75, 3.05) is 0 Å². The molecule has 56 heavy (non-hydrogen) atoms. The zero-order valence-corrected chi connectivity index (χ0v) is 30.3. The van der Waals surface area contributed by atoms with Crippen molar-refractivity contribution in [1.29, 1.82) is 0 Å². The van der Waals surface area contributed by atoms with Gasteiger partial charge >= 0.3 is 0 Å². The number of para-hydroxylation sites is 4. The maximum Gasteiger partial charge on any atom is 0.0979 e. The Morgan fingerprint density at radius 2 is 0.875 bits per heavy atom. The number of aromatic nitrogens is 4. The minimum absolute atomic E-state index is 0.875. The first-order chi connectivity index (χ1) is 27.8. The van der Waals surface area contributed by atoms with Gasteiger partial charge in [-0.05, 0) is 82.9 Å². The third-order valence-corrected chi connectivity index (χ3v) is 11.5. The molecule has 0 N–H and O–H groups in total. The molecule has 9 aromatic carbocycles. The first kappa shape index (κ1) is 30.9. The summed E-state index contributed by atoms with van der Waals surface area (Å²) >= 11 is 0. The van der Waals surface area contributed by atoms with E-state index in [4.69, 9.17) is 9.97 Å². The molecule has 0 unspecified atom stereocenters. The van der Waals surface area contributed by atoms with Gasteiger partial charge in [0.15, 0.2) is 0 Å². The molecule has 0 bridgehead atoms. The highest BCUT2D eigenvalue weighted by atomic mass is 15.0. The summed E-state index contributed by atoms with van der Waals surface area (Å²) in [4.78, 5) is 10.5. The molecular weight excluding hydrogens is 681 g/mol. The highest BCUT2D eigenvalue weighted by Gasteiger charge is 2.22. The van der Waals surface area contributed by atoms with E-state index in [1.54, 1.807) is 0 Å².